The molecule has 3 N–H and O–H groups in total. The van der Waals surface area contributed by atoms with Crippen molar-refractivity contribution in [3.63, 3.8) is 0 Å². The standard InChI is InChI=1S/C13H13F3N4O3.ClH/c14-13(15,16)10-9(12(22)23)11-18-8(21)5-7(20(11)19-10)6-1-3-17-4-2-6;/h5-6,17H,1-4H2,(H,18,21)(H,22,23);1H. The van der Waals surface area contributed by atoms with E-state index >= 15 is 0 Å². The number of nitrogens with one attached hydrogen (secondary N) is 2. The van der Waals surface area contributed by atoms with Crippen molar-refractivity contribution in [2.45, 2.75) is 24.9 Å². The number of fused-ring (bicyclic) bond motifs is 1. The molecule has 132 valence electrons. The lowest BCUT2D eigenvalue weighted by atomic mass is 9.94. The molecule has 0 saturated carbocycles. The summed E-state index contributed by atoms with van der Waals surface area (Å²) < 4.78 is 40.1. The van der Waals surface area contributed by atoms with Gasteiger partial charge in [0.05, 0.1) is 5.69 Å². The van der Waals surface area contributed by atoms with Crippen molar-refractivity contribution in [3.8, 4) is 0 Å². The van der Waals surface area contributed by atoms with Crippen LogP contribution in [-0.2, 0) is 6.18 Å². The van der Waals surface area contributed by atoms with E-state index < -0.39 is 34.6 Å². The van der Waals surface area contributed by atoms with E-state index in [4.69, 9.17) is 5.11 Å². The quantitative estimate of drug-likeness (QED) is 0.750. The number of carboxylic acids is 1. The normalized spacial score (nSPS) is 16.1. The minimum absolute atomic E-state index is 0. The molecule has 0 spiro atoms. The first-order valence-electron chi connectivity index (χ1n) is 6.96. The van der Waals surface area contributed by atoms with Crippen molar-refractivity contribution in [2.24, 2.45) is 0 Å². The van der Waals surface area contributed by atoms with Gasteiger partial charge in [-0.15, -0.1) is 12.4 Å². The molecule has 0 bridgehead atoms. The Bertz CT molecular complexity index is 824. The van der Waals surface area contributed by atoms with E-state index in [0.717, 1.165) is 4.52 Å². The molecular formula is C13H14ClF3N4O3. The van der Waals surface area contributed by atoms with Crippen LogP contribution < -0.4 is 10.9 Å². The molecule has 2 aromatic rings. The number of piperidine rings is 1. The van der Waals surface area contributed by atoms with E-state index in [2.05, 4.69) is 15.4 Å². The molecule has 2 aromatic heterocycles. The molecule has 0 unspecified atom stereocenters. The van der Waals surface area contributed by atoms with Gasteiger partial charge in [0, 0.05) is 12.0 Å². The lowest BCUT2D eigenvalue weighted by Crippen LogP contribution is -2.28. The Hall–Kier alpha value is -2.07. The minimum Gasteiger partial charge on any atom is -0.477 e. The molecule has 24 heavy (non-hydrogen) atoms. The second kappa shape index (κ2) is 6.44. The summed E-state index contributed by atoms with van der Waals surface area (Å²) in [5.74, 6) is -1.95. The van der Waals surface area contributed by atoms with Crippen molar-refractivity contribution in [1.29, 1.82) is 0 Å². The Balaban J connectivity index is 0.00000208. The zero-order valence-corrected chi connectivity index (χ0v) is 13.0. The first kappa shape index (κ1) is 18.3. The third-order valence-electron chi connectivity index (χ3n) is 3.89. The van der Waals surface area contributed by atoms with Gasteiger partial charge in [0.2, 0.25) is 0 Å². The maximum Gasteiger partial charge on any atom is 0.436 e. The van der Waals surface area contributed by atoms with Gasteiger partial charge in [0.1, 0.15) is 5.56 Å². The number of nitrogens with zero attached hydrogens (tertiary/aromatic N) is 2. The number of carbonyl (C=O) groups is 1. The average molecular weight is 367 g/mol. The van der Waals surface area contributed by atoms with E-state index in [9.17, 15) is 22.8 Å². The van der Waals surface area contributed by atoms with Gasteiger partial charge in [-0.2, -0.15) is 18.3 Å². The van der Waals surface area contributed by atoms with Crippen molar-refractivity contribution in [3.05, 3.63) is 33.4 Å². The average Bonchev–Trinajstić information content (AvgIpc) is 2.86. The van der Waals surface area contributed by atoms with Gasteiger partial charge in [0.25, 0.3) is 5.56 Å². The number of carboxylic acid groups (broad SMARTS) is 1. The smallest absolute Gasteiger partial charge is 0.436 e. The Labute approximate surface area is 139 Å². The fraction of sp³-hybridized carbons (Fsp3) is 0.462. The molecule has 7 nitrogen and oxygen atoms in total. The number of halogens is 4. The van der Waals surface area contributed by atoms with E-state index in [1.54, 1.807) is 0 Å². The molecule has 0 amide bonds. The van der Waals surface area contributed by atoms with Crippen LogP contribution in [0, 0.1) is 0 Å². The highest BCUT2D eigenvalue weighted by molar-refractivity contribution is 5.96. The van der Waals surface area contributed by atoms with Crippen LogP contribution in [0.15, 0.2) is 10.9 Å². The van der Waals surface area contributed by atoms with Crippen LogP contribution in [0.5, 0.6) is 0 Å². The highest BCUT2D eigenvalue weighted by Gasteiger charge is 2.41. The number of aromatic nitrogens is 3. The Kier molecular flexibility index (Phi) is 4.90. The molecule has 0 aliphatic carbocycles. The predicted molar refractivity (Wildman–Crippen MR) is 79.9 cm³/mol. The van der Waals surface area contributed by atoms with Crippen LogP contribution >= 0.6 is 12.4 Å². The fourth-order valence-electron chi connectivity index (χ4n) is 2.88. The number of rotatable bonds is 2. The molecule has 1 fully saturated rings. The lowest BCUT2D eigenvalue weighted by Gasteiger charge is -2.23. The topological polar surface area (TPSA) is 99.5 Å². The van der Waals surface area contributed by atoms with Gasteiger partial charge in [-0.1, -0.05) is 0 Å². The van der Waals surface area contributed by atoms with Crippen molar-refractivity contribution in [2.75, 3.05) is 13.1 Å². The maximum atomic E-state index is 13.1. The van der Waals surface area contributed by atoms with Crippen LogP contribution in [0.25, 0.3) is 5.65 Å². The van der Waals surface area contributed by atoms with Crippen LogP contribution in [-0.4, -0.2) is 38.8 Å². The number of alkyl halides is 3. The SMILES string of the molecule is Cl.O=C(O)c1c(C(F)(F)F)nn2c(C3CCNCC3)cc(=O)[nH]c12. The summed E-state index contributed by atoms with van der Waals surface area (Å²) in [6, 6.07) is 1.18. The van der Waals surface area contributed by atoms with Gasteiger partial charge >= 0.3 is 12.1 Å². The summed E-state index contributed by atoms with van der Waals surface area (Å²) in [5, 5.41) is 15.7. The van der Waals surface area contributed by atoms with Crippen LogP contribution in [0.4, 0.5) is 13.2 Å². The zero-order valence-electron chi connectivity index (χ0n) is 12.2. The molecule has 11 heteroatoms. The van der Waals surface area contributed by atoms with Crippen molar-refractivity contribution >= 4 is 24.0 Å². The number of hydrogen-bond acceptors (Lipinski definition) is 4. The van der Waals surface area contributed by atoms with Crippen LogP contribution in [0.3, 0.4) is 0 Å². The number of hydrogen-bond donors (Lipinski definition) is 3. The monoisotopic (exact) mass is 366 g/mol. The second-order valence-electron chi connectivity index (χ2n) is 5.37. The third kappa shape index (κ3) is 3.11. The molecule has 3 heterocycles. The number of H-pyrrole nitrogens is 1. The van der Waals surface area contributed by atoms with Gasteiger partial charge in [-0.25, -0.2) is 9.31 Å². The molecule has 1 saturated heterocycles. The van der Waals surface area contributed by atoms with Crippen LogP contribution in [0.1, 0.15) is 40.5 Å². The number of aromatic amines is 1. The van der Waals surface area contributed by atoms with Crippen molar-refractivity contribution in [1.82, 2.24) is 19.9 Å². The predicted octanol–water partition coefficient (Wildman–Crippen LogP) is 1.63. The summed E-state index contributed by atoms with van der Waals surface area (Å²) in [6.07, 6.45) is -3.67. The van der Waals surface area contributed by atoms with Gasteiger partial charge in [0.15, 0.2) is 11.3 Å². The summed E-state index contributed by atoms with van der Waals surface area (Å²) >= 11 is 0. The lowest BCUT2D eigenvalue weighted by molar-refractivity contribution is -0.141. The van der Waals surface area contributed by atoms with E-state index in [1.165, 1.54) is 6.07 Å². The summed E-state index contributed by atoms with van der Waals surface area (Å²) in [4.78, 5) is 25.2. The Morgan fingerprint density at radius 1 is 1.33 bits per heavy atom. The van der Waals surface area contributed by atoms with Gasteiger partial charge in [-0.3, -0.25) is 4.79 Å². The van der Waals surface area contributed by atoms with E-state index in [-0.39, 0.29) is 18.3 Å². The van der Waals surface area contributed by atoms with Crippen molar-refractivity contribution < 1.29 is 23.1 Å². The van der Waals surface area contributed by atoms with Crippen LogP contribution in [0.2, 0.25) is 0 Å². The molecular weight excluding hydrogens is 353 g/mol. The first-order valence-corrected chi connectivity index (χ1v) is 6.96. The first-order chi connectivity index (χ1) is 10.8. The second-order valence-corrected chi connectivity index (χ2v) is 5.37. The fourth-order valence-corrected chi connectivity index (χ4v) is 2.88. The van der Waals surface area contributed by atoms with Gasteiger partial charge < -0.3 is 15.4 Å². The summed E-state index contributed by atoms with van der Waals surface area (Å²) in [5.41, 5.74) is -3.34. The molecule has 1 aliphatic rings. The molecule has 1 aliphatic heterocycles. The third-order valence-corrected chi connectivity index (χ3v) is 3.89. The summed E-state index contributed by atoms with van der Waals surface area (Å²) in [7, 11) is 0. The Morgan fingerprint density at radius 2 is 1.96 bits per heavy atom. The van der Waals surface area contributed by atoms with E-state index in [1.807, 2.05) is 0 Å². The highest BCUT2D eigenvalue weighted by Crippen LogP contribution is 2.34. The zero-order chi connectivity index (χ0) is 16.8. The molecule has 0 atom stereocenters. The summed E-state index contributed by atoms with van der Waals surface area (Å²) in [6.45, 7) is 1.33. The number of aromatic carboxylic acids is 1. The van der Waals surface area contributed by atoms with Gasteiger partial charge in [-0.05, 0) is 25.9 Å². The van der Waals surface area contributed by atoms with E-state index in [0.29, 0.717) is 31.6 Å². The Morgan fingerprint density at radius 3 is 2.50 bits per heavy atom. The minimum atomic E-state index is -4.93. The largest absolute Gasteiger partial charge is 0.477 e. The molecule has 3 rings (SSSR count). The highest BCUT2D eigenvalue weighted by atomic mass is 35.5. The maximum absolute atomic E-state index is 13.1. The molecule has 0 radical (unpaired) electrons. The molecule has 0 aromatic carbocycles.